The molecule has 0 spiro atoms. The Morgan fingerprint density at radius 2 is 1.94 bits per heavy atom. The van der Waals surface area contributed by atoms with E-state index in [9.17, 15) is 10.2 Å². The van der Waals surface area contributed by atoms with E-state index in [0.717, 1.165) is 24.8 Å². The number of nitrogens with zero attached hydrogens (tertiary/aromatic N) is 1. The van der Waals surface area contributed by atoms with Crippen LogP contribution in [0.25, 0.3) is 10.8 Å². The van der Waals surface area contributed by atoms with Gasteiger partial charge in [-0.05, 0) is 109 Å². The van der Waals surface area contributed by atoms with E-state index in [0.29, 0.717) is 29.6 Å². The van der Waals surface area contributed by atoms with Crippen molar-refractivity contribution in [3.8, 4) is 0 Å². The van der Waals surface area contributed by atoms with Crippen molar-refractivity contribution in [3.05, 3.63) is 65.5 Å². The molecule has 7 atom stereocenters. The predicted molar refractivity (Wildman–Crippen MR) is 128 cm³/mol. The highest BCUT2D eigenvalue weighted by atomic mass is 16.3. The van der Waals surface area contributed by atoms with Crippen molar-refractivity contribution in [1.29, 1.82) is 0 Å². The molecule has 7 unspecified atom stereocenters. The summed E-state index contributed by atoms with van der Waals surface area (Å²) in [6, 6.07) is 9.09. The molecule has 0 saturated heterocycles. The molecule has 1 aromatic heterocycles. The van der Waals surface area contributed by atoms with Gasteiger partial charge in [0.1, 0.15) is 0 Å². The van der Waals surface area contributed by atoms with Gasteiger partial charge in [0.2, 0.25) is 0 Å². The summed E-state index contributed by atoms with van der Waals surface area (Å²) in [5.74, 6) is 1.94. The SMILES string of the molecule is CC1CC2(O)CCC3C(=CC2=CC1O)CCC1(C)C(c2ccc4ccncc4c2)CCC31. The smallest absolute Gasteiger partial charge is 0.0898 e. The fraction of sp³-hybridized carbons (Fsp3) is 0.552. The van der Waals surface area contributed by atoms with Crippen molar-refractivity contribution < 1.29 is 10.2 Å². The van der Waals surface area contributed by atoms with E-state index < -0.39 is 11.7 Å². The van der Waals surface area contributed by atoms with Gasteiger partial charge in [0.05, 0.1) is 11.7 Å². The van der Waals surface area contributed by atoms with Gasteiger partial charge < -0.3 is 10.2 Å². The molecular formula is C29H35NO2. The first-order valence-electron chi connectivity index (χ1n) is 12.5. The molecular weight excluding hydrogens is 394 g/mol. The van der Waals surface area contributed by atoms with Crippen molar-refractivity contribution in [1.82, 2.24) is 4.98 Å². The van der Waals surface area contributed by atoms with Crippen LogP contribution in [0, 0.1) is 23.2 Å². The highest BCUT2D eigenvalue weighted by Crippen LogP contribution is 2.64. The summed E-state index contributed by atoms with van der Waals surface area (Å²) in [6.45, 7) is 4.59. The van der Waals surface area contributed by atoms with Crippen LogP contribution in [0.15, 0.2) is 60.0 Å². The van der Waals surface area contributed by atoms with Gasteiger partial charge in [-0.15, -0.1) is 0 Å². The van der Waals surface area contributed by atoms with E-state index in [2.05, 4.69) is 49.2 Å². The van der Waals surface area contributed by atoms with Crippen molar-refractivity contribution in [2.45, 2.75) is 76.4 Å². The number of aromatic nitrogens is 1. The molecule has 2 aromatic rings. The molecule has 32 heavy (non-hydrogen) atoms. The lowest BCUT2D eigenvalue weighted by Gasteiger charge is -2.46. The second-order valence-corrected chi connectivity index (χ2v) is 11.4. The highest BCUT2D eigenvalue weighted by molar-refractivity contribution is 5.82. The van der Waals surface area contributed by atoms with E-state index in [4.69, 9.17) is 0 Å². The Morgan fingerprint density at radius 3 is 2.81 bits per heavy atom. The minimum atomic E-state index is -0.761. The molecule has 0 bridgehead atoms. The Bertz CT molecular complexity index is 1120. The van der Waals surface area contributed by atoms with Crippen molar-refractivity contribution >= 4 is 10.8 Å². The summed E-state index contributed by atoms with van der Waals surface area (Å²) >= 11 is 0. The lowest BCUT2D eigenvalue weighted by atomic mass is 9.58. The lowest BCUT2D eigenvalue weighted by Crippen LogP contribution is -2.40. The van der Waals surface area contributed by atoms with Crippen molar-refractivity contribution in [2.75, 3.05) is 0 Å². The third-order valence-corrected chi connectivity index (χ3v) is 9.73. The first-order chi connectivity index (χ1) is 15.4. The second kappa shape index (κ2) is 7.27. The van der Waals surface area contributed by atoms with Gasteiger partial charge in [-0.25, -0.2) is 0 Å². The van der Waals surface area contributed by atoms with Crippen LogP contribution in [0.4, 0.5) is 0 Å². The predicted octanol–water partition coefficient (Wildman–Crippen LogP) is 5.92. The third-order valence-electron chi connectivity index (χ3n) is 9.73. The van der Waals surface area contributed by atoms with E-state index in [1.165, 1.54) is 41.2 Å². The van der Waals surface area contributed by atoms with Crippen LogP contribution in [-0.2, 0) is 0 Å². The molecule has 2 saturated carbocycles. The topological polar surface area (TPSA) is 53.4 Å². The summed E-state index contributed by atoms with van der Waals surface area (Å²) < 4.78 is 0. The largest absolute Gasteiger partial charge is 0.389 e. The fourth-order valence-corrected chi connectivity index (χ4v) is 7.87. The third kappa shape index (κ3) is 3.04. The number of hydrogen-bond donors (Lipinski definition) is 2. The molecule has 4 aliphatic carbocycles. The van der Waals surface area contributed by atoms with Gasteiger partial charge in [-0.3, -0.25) is 4.98 Å². The normalized spacial score (nSPS) is 41.2. The van der Waals surface area contributed by atoms with E-state index in [1.807, 2.05) is 18.5 Å². The molecule has 3 nitrogen and oxygen atoms in total. The first-order valence-corrected chi connectivity index (χ1v) is 12.5. The number of fused-ring (bicyclic) bond motifs is 5. The molecule has 2 N–H and O–H groups in total. The number of hydrogen-bond acceptors (Lipinski definition) is 3. The maximum absolute atomic E-state index is 11.5. The van der Waals surface area contributed by atoms with Gasteiger partial charge in [0.15, 0.2) is 0 Å². The molecule has 0 aliphatic heterocycles. The quantitative estimate of drug-likeness (QED) is 0.591. The average Bonchev–Trinajstić information content (AvgIpc) is 3.06. The van der Waals surface area contributed by atoms with E-state index in [-0.39, 0.29) is 5.92 Å². The van der Waals surface area contributed by atoms with Crippen molar-refractivity contribution in [3.63, 3.8) is 0 Å². The molecule has 1 heterocycles. The Kier molecular flexibility index (Phi) is 4.68. The van der Waals surface area contributed by atoms with E-state index in [1.54, 1.807) is 0 Å². The number of rotatable bonds is 1. The minimum absolute atomic E-state index is 0.116. The number of aliphatic hydroxyl groups is 2. The van der Waals surface area contributed by atoms with Crippen LogP contribution in [-0.4, -0.2) is 26.9 Å². The first kappa shape index (κ1) is 20.6. The average molecular weight is 430 g/mol. The molecule has 4 aliphatic rings. The van der Waals surface area contributed by atoms with Gasteiger partial charge in [-0.1, -0.05) is 37.6 Å². The Morgan fingerprint density at radius 1 is 1.06 bits per heavy atom. The molecule has 1 aromatic carbocycles. The number of pyridine rings is 1. The van der Waals surface area contributed by atoms with Gasteiger partial charge in [-0.2, -0.15) is 0 Å². The monoisotopic (exact) mass is 429 g/mol. The Hall–Kier alpha value is -1.97. The van der Waals surface area contributed by atoms with Gasteiger partial charge >= 0.3 is 0 Å². The Balaban J connectivity index is 1.33. The molecule has 2 fully saturated rings. The zero-order valence-electron chi connectivity index (χ0n) is 19.3. The van der Waals surface area contributed by atoms with Crippen LogP contribution in [0.5, 0.6) is 0 Å². The van der Waals surface area contributed by atoms with Crippen LogP contribution in [0.3, 0.4) is 0 Å². The molecule has 3 heteroatoms. The lowest BCUT2D eigenvalue weighted by molar-refractivity contribution is 0.00493. The van der Waals surface area contributed by atoms with Gasteiger partial charge in [0.25, 0.3) is 0 Å². The van der Waals surface area contributed by atoms with Crippen LogP contribution in [0.2, 0.25) is 0 Å². The summed E-state index contributed by atoms with van der Waals surface area (Å²) in [7, 11) is 0. The summed E-state index contributed by atoms with van der Waals surface area (Å²) in [5.41, 5.74) is 3.53. The molecule has 0 radical (unpaired) electrons. The second-order valence-electron chi connectivity index (χ2n) is 11.4. The highest BCUT2D eigenvalue weighted by Gasteiger charge is 2.54. The maximum Gasteiger partial charge on any atom is 0.0898 e. The van der Waals surface area contributed by atoms with Crippen LogP contribution < -0.4 is 0 Å². The summed E-state index contributed by atoms with van der Waals surface area (Å²) in [4.78, 5) is 4.34. The van der Waals surface area contributed by atoms with Crippen LogP contribution in [0.1, 0.15) is 70.3 Å². The number of allylic oxidation sites excluding steroid dienone is 1. The molecule has 6 rings (SSSR count). The molecule has 168 valence electrons. The summed E-state index contributed by atoms with van der Waals surface area (Å²) in [5, 5.41) is 24.4. The van der Waals surface area contributed by atoms with E-state index >= 15 is 0 Å². The van der Waals surface area contributed by atoms with Crippen LogP contribution >= 0.6 is 0 Å². The zero-order valence-corrected chi connectivity index (χ0v) is 19.3. The molecule has 0 amide bonds. The standard InChI is InChI=1S/C29H35NO2/c1-18-16-29(32)11-8-24-20(14-23(29)15-27(18)31)7-10-28(2)25(5-6-26(24)28)21-4-3-19-9-12-30-17-22(19)13-21/h3-4,9,12-15,17-18,24-27,31-32H,5-8,10-11,16H2,1-2H3. The minimum Gasteiger partial charge on any atom is -0.389 e. The number of benzene rings is 1. The van der Waals surface area contributed by atoms with Gasteiger partial charge in [0, 0.05) is 17.8 Å². The van der Waals surface area contributed by atoms with Crippen molar-refractivity contribution in [2.24, 2.45) is 23.2 Å². The fourth-order valence-electron chi connectivity index (χ4n) is 7.87. The maximum atomic E-state index is 11.5. The zero-order chi connectivity index (χ0) is 22.1. The summed E-state index contributed by atoms with van der Waals surface area (Å²) in [6.07, 6.45) is 15.1. The number of aliphatic hydroxyl groups excluding tert-OH is 1. The Labute approximate surface area is 191 Å².